The number of carbonyl (C=O) groups excluding carboxylic acids is 2. The Kier molecular flexibility index (Phi) is 4.80. The molecule has 1 aromatic rings. The molecule has 1 atom stereocenters. The van der Waals surface area contributed by atoms with Crippen molar-refractivity contribution < 1.29 is 19.4 Å². The van der Waals surface area contributed by atoms with Gasteiger partial charge in [0, 0.05) is 32.5 Å². The van der Waals surface area contributed by atoms with Gasteiger partial charge in [-0.3, -0.25) is 4.79 Å². The Bertz CT molecular complexity index is 544. The Balaban J connectivity index is 2.34. The third-order valence-electron chi connectivity index (χ3n) is 3.53. The molecule has 1 aromatic carbocycles. The van der Waals surface area contributed by atoms with Crippen LogP contribution in [0.5, 0.6) is 0 Å². The van der Waals surface area contributed by atoms with E-state index >= 15 is 0 Å². The second kappa shape index (κ2) is 6.58. The van der Waals surface area contributed by atoms with Crippen LogP contribution in [-0.2, 0) is 9.53 Å². The van der Waals surface area contributed by atoms with E-state index < -0.39 is 5.97 Å². The molecule has 1 unspecified atom stereocenters. The number of nitrogens with zero attached hydrogens (tertiary/aromatic N) is 1. The molecule has 114 valence electrons. The molecule has 0 saturated carbocycles. The first-order valence-corrected chi connectivity index (χ1v) is 7.00. The number of rotatable bonds is 5. The van der Waals surface area contributed by atoms with Crippen molar-refractivity contribution in [3.8, 4) is 0 Å². The highest BCUT2D eigenvalue weighted by molar-refractivity contribution is 6.01. The van der Waals surface area contributed by atoms with Gasteiger partial charge in [0.1, 0.15) is 0 Å². The van der Waals surface area contributed by atoms with Gasteiger partial charge in [0.05, 0.1) is 23.5 Å². The Morgan fingerprint density at radius 2 is 2.29 bits per heavy atom. The van der Waals surface area contributed by atoms with E-state index in [2.05, 4.69) is 5.32 Å². The molecule has 6 nitrogen and oxygen atoms in total. The molecule has 0 spiro atoms. The summed E-state index contributed by atoms with van der Waals surface area (Å²) in [5.74, 6) is -0.522. The van der Waals surface area contributed by atoms with E-state index in [-0.39, 0.29) is 18.4 Å². The molecule has 21 heavy (non-hydrogen) atoms. The molecule has 1 amide bonds. The number of aliphatic hydroxyl groups excluding tert-OH is 1. The number of aliphatic hydroxyl groups is 1. The summed E-state index contributed by atoms with van der Waals surface area (Å²) in [6, 6.07) is 5.07. The molecule has 2 rings (SSSR count). The van der Waals surface area contributed by atoms with Gasteiger partial charge >= 0.3 is 5.97 Å². The summed E-state index contributed by atoms with van der Waals surface area (Å²) in [4.78, 5) is 25.5. The molecule has 0 aromatic heterocycles. The Labute approximate surface area is 123 Å². The molecule has 0 bridgehead atoms. The first-order chi connectivity index (χ1) is 10.1. The van der Waals surface area contributed by atoms with Gasteiger partial charge in [0.25, 0.3) is 0 Å². The lowest BCUT2D eigenvalue weighted by Gasteiger charge is -2.21. The normalized spacial score (nSPS) is 18.0. The van der Waals surface area contributed by atoms with Crippen LogP contribution < -0.4 is 10.2 Å². The molecule has 0 aliphatic carbocycles. The van der Waals surface area contributed by atoms with E-state index in [1.165, 1.54) is 0 Å². The van der Waals surface area contributed by atoms with E-state index in [1.54, 1.807) is 37.1 Å². The van der Waals surface area contributed by atoms with Crippen LogP contribution in [0.15, 0.2) is 18.2 Å². The number of esters is 1. The van der Waals surface area contributed by atoms with E-state index in [4.69, 9.17) is 4.74 Å². The summed E-state index contributed by atoms with van der Waals surface area (Å²) >= 11 is 0. The molecular weight excluding hydrogens is 272 g/mol. The number of carbonyl (C=O) groups is 2. The van der Waals surface area contributed by atoms with Crippen molar-refractivity contribution in [2.45, 2.75) is 13.3 Å². The lowest BCUT2D eigenvalue weighted by molar-refractivity contribution is -0.117. The number of ether oxygens (including phenoxy) is 1. The van der Waals surface area contributed by atoms with Crippen molar-refractivity contribution in [2.75, 3.05) is 37.0 Å². The molecule has 2 N–H and O–H groups in total. The van der Waals surface area contributed by atoms with Crippen molar-refractivity contribution in [3.05, 3.63) is 23.8 Å². The molecule has 1 saturated heterocycles. The summed E-state index contributed by atoms with van der Waals surface area (Å²) < 4.78 is 4.99. The lowest BCUT2D eigenvalue weighted by atomic mass is 10.1. The van der Waals surface area contributed by atoms with Crippen LogP contribution in [0.2, 0.25) is 0 Å². The van der Waals surface area contributed by atoms with E-state index in [1.807, 2.05) is 0 Å². The quantitative estimate of drug-likeness (QED) is 0.799. The predicted molar refractivity (Wildman–Crippen MR) is 79.5 cm³/mol. The molecule has 1 aliphatic heterocycles. The van der Waals surface area contributed by atoms with E-state index in [0.717, 1.165) is 5.69 Å². The maximum Gasteiger partial charge on any atom is 0.338 e. The minimum absolute atomic E-state index is 0.0192. The molecular formula is C15H20N2O4. The fourth-order valence-corrected chi connectivity index (χ4v) is 2.44. The maximum absolute atomic E-state index is 12.1. The monoisotopic (exact) mass is 292 g/mol. The third kappa shape index (κ3) is 3.16. The SMILES string of the molecule is CCOC(=O)c1ccc(NC)c(N2CC(CO)CC2=O)c1. The molecule has 1 fully saturated rings. The van der Waals surface area contributed by atoms with Crippen LogP contribution in [0.4, 0.5) is 11.4 Å². The highest BCUT2D eigenvalue weighted by atomic mass is 16.5. The minimum atomic E-state index is -0.410. The first kappa shape index (κ1) is 15.3. The summed E-state index contributed by atoms with van der Waals surface area (Å²) in [5, 5.41) is 12.2. The van der Waals surface area contributed by atoms with Crippen molar-refractivity contribution >= 4 is 23.3 Å². The van der Waals surface area contributed by atoms with Gasteiger partial charge in [-0.15, -0.1) is 0 Å². The van der Waals surface area contributed by atoms with Gasteiger partial charge in [-0.25, -0.2) is 4.79 Å². The number of hydrogen-bond donors (Lipinski definition) is 2. The van der Waals surface area contributed by atoms with Gasteiger partial charge in [-0.2, -0.15) is 0 Å². The summed E-state index contributed by atoms with van der Waals surface area (Å²) in [6.45, 7) is 2.48. The third-order valence-corrected chi connectivity index (χ3v) is 3.53. The maximum atomic E-state index is 12.1. The number of amides is 1. The van der Waals surface area contributed by atoms with Crippen LogP contribution >= 0.6 is 0 Å². The predicted octanol–water partition coefficient (Wildman–Crippen LogP) is 1.25. The minimum Gasteiger partial charge on any atom is -0.462 e. The highest BCUT2D eigenvalue weighted by Crippen LogP contribution is 2.32. The smallest absolute Gasteiger partial charge is 0.338 e. The lowest BCUT2D eigenvalue weighted by Crippen LogP contribution is -2.26. The zero-order valence-electron chi connectivity index (χ0n) is 12.3. The van der Waals surface area contributed by atoms with Gasteiger partial charge in [-0.1, -0.05) is 0 Å². The van der Waals surface area contributed by atoms with Crippen molar-refractivity contribution in [1.82, 2.24) is 0 Å². The van der Waals surface area contributed by atoms with Crippen LogP contribution in [0.3, 0.4) is 0 Å². The number of benzene rings is 1. The number of anilines is 2. The van der Waals surface area contributed by atoms with E-state index in [0.29, 0.717) is 30.8 Å². The molecule has 1 aliphatic rings. The Hall–Kier alpha value is -2.08. The molecule has 6 heteroatoms. The molecule has 1 heterocycles. The number of nitrogens with one attached hydrogen (secondary N) is 1. The van der Waals surface area contributed by atoms with E-state index in [9.17, 15) is 14.7 Å². The standard InChI is InChI=1S/C15H20N2O4/c1-3-21-15(20)11-4-5-12(16-2)13(7-11)17-8-10(9-18)6-14(17)19/h4-5,7,10,16,18H,3,6,8-9H2,1-2H3. The topological polar surface area (TPSA) is 78.9 Å². The van der Waals surface area contributed by atoms with Gasteiger partial charge < -0.3 is 20.1 Å². The average molecular weight is 292 g/mol. The van der Waals surface area contributed by atoms with Crippen molar-refractivity contribution in [1.29, 1.82) is 0 Å². The summed E-state index contributed by atoms with van der Waals surface area (Å²) in [7, 11) is 1.76. The fourth-order valence-electron chi connectivity index (χ4n) is 2.44. The van der Waals surface area contributed by atoms with Gasteiger partial charge in [0.2, 0.25) is 5.91 Å². The van der Waals surface area contributed by atoms with Crippen LogP contribution in [0.25, 0.3) is 0 Å². The van der Waals surface area contributed by atoms with Crippen molar-refractivity contribution in [2.24, 2.45) is 5.92 Å². The summed E-state index contributed by atoms with van der Waals surface area (Å²) in [5.41, 5.74) is 1.81. The average Bonchev–Trinajstić information content (AvgIpc) is 2.87. The van der Waals surface area contributed by atoms with Gasteiger partial charge in [0.15, 0.2) is 0 Å². The highest BCUT2D eigenvalue weighted by Gasteiger charge is 2.31. The zero-order valence-corrected chi connectivity index (χ0v) is 12.3. The fraction of sp³-hybridized carbons (Fsp3) is 0.467. The van der Waals surface area contributed by atoms with Gasteiger partial charge in [-0.05, 0) is 25.1 Å². The Morgan fingerprint density at radius 1 is 1.52 bits per heavy atom. The Morgan fingerprint density at radius 3 is 2.86 bits per heavy atom. The van der Waals surface area contributed by atoms with Crippen LogP contribution in [0.1, 0.15) is 23.7 Å². The number of hydrogen-bond acceptors (Lipinski definition) is 5. The first-order valence-electron chi connectivity index (χ1n) is 7.00. The second-order valence-electron chi connectivity index (χ2n) is 4.96. The van der Waals surface area contributed by atoms with Crippen LogP contribution in [-0.4, -0.2) is 43.8 Å². The summed E-state index contributed by atoms with van der Waals surface area (Å²) in [6.07, 6.45) is 0.323. The van der Waals surface area contributed by atoms with Crippen LogP contribution in [0, 0.1) is 5.92 Å². The molecule has 0 radical (unpaired) electrons. The van der Waals surface area contributed by atoms with Crippen molar-refractivity contribution in [3.63, 3.8) is 0 Å². The zero-order chi connectivity index (χ0) is 15.4. The second-order valence-corrected chi connectivity index (χ2v) is 4.96. The largest absolute Gasteiger partial charge is 0.462 e.